The SMILES string of the molecule is Cc1[nH]n(-c2ccc(I)cc2)c(=O)c1C=Nc1cc2[nH]c(=O)[nH]c2cc1N1CCN(c2ccccc2)CC1. The molecule has 6 rings (SSSR count). The zero-order chi connectivity index (χ0) is 26.2. The number of hydrogen-bond donors (Lipinski definition) is 3. The standard InChI is InChI=1S/C28H26IN7O2/c1-18-22(27(37)36(33-18)21-9-7-19(29)8-10-21)17-30-25-15-23-24(32-28(38)31-23)16-26(25)35-13-11-34(12-14-35)20-5-3-2-4-6-20/h2-10,15-17,33H,11-14H2,1H3,(H2,31,32,38). The van der Waals surface area contributed by atoms with Crippen LogP contribution >= 0.6 is 22.6 Å². The van der Waals surface area contributed by atoms with E-state index >= 15 is 0 Å². The number of nitrogens with zero attached hydrogens (tertiary/aromatic N) is 4. The van der Waals surface area contributed by atoms with Crippen LogP contribution in [0.15, 0.2) is 81.3 Å². The van der Waals surface area contributed by atoms with Crippen LogP contribution in [0, 0.1) is 10.5 Å². The molecule has 3 heterocycles. The number of aliphatic imine (C=N–C) groups is 1. The van der Waals surface area contributed by atoms with E-state index < -0.39 is 0 Å². The van der Waals surface area contributed by atoms with Crippen LogP contribution in [0.2, 0.25) is 0 Å². The number of halogens is 1. The molecule has 0 aliphatic carbocycles. The van der Waals surface area contributed by atoms with Gasteiger partial charge in [-0.25, -0.2) is 9.48 Å². The highest BCUT2D eigenvalue weighted by Crippen LogP contribution is 2.33. The number of aromatic amines is 3. The summed E-state index contributed by atoms with van der Waals surface area (Å²) in [6.07, 6.45) is 1.62. The van der Waals surface area contributed by atoms with Crippen molar-refractivity contribution in [3.05, 3.63) is 102 Å². The maximum atomic E-state index is 13.2. The van der Waals surface area contributed by atoms with Crippen molar-refractivity contribution in [2.24, 2.45) is 4.99 Å². The Hall–Kier alpha value is -4.06. The third-order valence-corrected chi connectivity index (χ3v) is 7.61. The number of piperazine rings is 1. The number of para-hydroxylation sites is 1. The third kappa shape index (κ3) is 4.67. The van der Waals surface area contributed by atoms with Crippen LogP contribution in [-0.2, 0) is 0 Å². The molecule has 0 bridgehead atoms. The van der Waals surface area contributed by atoms with Gasteiger partial charge in [0.05, 0.1) is 33.7 Å². The molecule has 3 aromatic carbocycles. The van der Waals surface area contributed by atoms with Gasteiger partial charge in [0.1, 0.15) is 0 Å². The number of anilines is 2. The molecule has 1 aliphatic heterocycles. The van der Waals surface area contributed by atoms with E-state index in [0.717, 1.165) is 52.3 Å². The van der Waals surface area contributed by atoms with Crippen molar-refractivity contribution < 1.29 is 0 Å². The van der Waals surface area contributed by atoms with E-state index in [2.05, 4.69) is 71.7 Å². The summed E-state index contributed by atoms with van der Waals surface area (Å²) in [6, 6.07) is 22.0. The summed E-state index contributed by atoms with van der Waals surface area (Å²) >= 11 is 2.24. The van der Waals surface area contributed by atoms with Gasteiger partial charge < -0.3 is 19.8 Å². The molecular weight excluding hydrogens is 593 g/mol. The number of hydrogen-bond acceptors (Lipinski definition) is 5. The van der Waals surface area contributed by atoms with Crippen LogP contribution < -0.4 is 21.0 Å². The van der Waals surface area contributed by atoms with Gasteiger partial charge in [0, 0.05) is 47.3 Å². The molecule has 38 heavy (non-hydrogen) atoms. The van der Waals surface area contributed by atoms with Gasteiger partial charge in [-0.1, -0.05) is 18.2 Å². The molecule has 5 aromatic rings. The molecule has 3 N–H and O–H groups in total. The Morgan fingerprint density at radius 3 is 2.21 bits per heavy atom. The Kier molecular flexibility index (Phi) is 6.40. The molecule has 9 nitrogen and oxygen atoms in total. The fraction of sp³-hybridized carbons (Fsp3) is 0.179. The van der Waals surface area contributed by atoms with Crippen molar-refractivity contribution in [2.75, 3.05) is 36.0 Å². The summed E-state index contributed by atoms with van der Waals surface area (Å²) < 4.78 is 2.63. The molecular formula is C28H26IN7O2. The molecule has 0 unspecified atom stereocenters. The van der Waals surface area contributed by atoms with Crippen LogP contribution in [0.3, 0.4) is 0 Å². The van der Waals surface area contributed by atoms with Crippen molar-refractivity contribution in [1.82, 2.24) is 19.7 Å². The van der Waals surface area contributed by atoms with E-state index in [-0.39, 0.29) is 11.2 Å². The highest BCUT2D eigenvalue weighted by atomic mass is 127. The molecule has 192 valence electrons. The highest BCUT2D eigenvalue weighted by Gasteiger charge is 2.21. The van der Waals surface area contributed by atoms with Gasteiger partial charge in [-0.3, -0.25) is 14.9 Å². The maximum absolute atomic E-state index is 13.2. The number of aromatic nitrogens is 4. The van der Waals surface area contributed by atoms with Gasteiger partial charge in [-0.15, -0.1) is 0 Å². The molecule has 10 heteroatoms. The summed E-state index contributed by atoms with van der Waals surface area (Å²) in [5, 5.41) is 3.16. The van der Waals surface area contributed by atoms with Crippen molar-refractivity contribution >= 4 is 56.9 Å². The average Bonchev–Trinajstić information content (AvgIpc) is 3.44. The van der Waals surface area contributed by atoms with Crippen LogP contribution in [0.25, 0.3) is 16.7 Å². The predicted molar refractivity (Wildman–Crippen MR) is 161 cm³/mol. The second-order valence-corrected chi connectivity index (χ2v) is 10.5. The quantitative estimate of drug-likeness (QED) is 0.201. The normalized spacial score (nSPS) is 14.2. The van der Waals surface area contributed by atoms with Gasteiger partial charge >= 0.3 is 5.69 Å². The van der Waals surface area contributed by atoms with Gasteiger partial charge in [-0.05, 0) is 78.0 Å². The van der Waals surface area contributed by atoms with Gasteiger partial charge in [0.2, 0.25) is 0 Å². The van der Waals surface area contributed by atoms with Crippen molar-refractivity contribution in [3.63, 3.8) is 0 Å². The van der Waals surface area contributed by atoms with Gasteiger partial charge in [-0.2, -0.15) is 0 Å². The molecule has 0 amide bonds. The van der Waals surface area contributed by atoms with Crippen LogP contribution in [0.1, 0.15) is 11.3 Å². The molecule has 2 aromatic heterocycles. The van der Waals surface area contributed by atoms with Crippen molar-refractivity contribution in [2.45, 2.75) is 6.92 Å². The van der Waals surface area contributed by atoms with E-state index in [1.807, 2.05) is 49.4 Å². The van der Waals surface area contributed by atoms with E-state index in [4.69, 9.17) is 4.99 Å². The number of imidazole rings is 1. The zero-order valence-corrected chi connectivity index (χ0v) is 22.9. The Labute approximate surface area is 232 Å². The molecule has 1 aliphatic rings. The molecule has 1 fully saturated rings. The predicted octanol–water partition coefficient (Wildman–Crippen LogP) is 4.33. The Balaban J connectivity index is 1.33. The maximum Gasteiger partial charge on any atom is 0.323 e. The number of rotatable bonds is 5. The van der Waals surface area contributed by atoms with E-state index in [1.165, 1.54) is 10.4 Å². The first-order chi connectivity index (χ1) is 18.5. The van der Waals surface area contributed by atoms with Crippen molar-refractivity contribution in [3.8, 4) is 5.69 Å². The number of H-pyrrole nitrogens is 3. The third-order valence-electron chi connectivity index (χ3n) is 6.89. The van der Waals surface area contributed by atoms with E-state index in [1.54, 1.807) is 6.21 Å². The lowest BCUT2D eigenvalue weighted by atomic mass is 10.1. The monoisotopic (exact) mass is 619 g/mol. The summed E-state index contributed by atoms with van der Waals surface area (Å²) in [5.74, 6) is 0. The van der Waals surface area contributed by atoms with E-state index in [0.29, 0.717) is 16.8 Å². The first-order valence-corrected chi connectivity index (χ1v) is 13.5. The second kappa shape index (κ2) is 10.0. The lowest BCUT2D eigenvalue weighted by Gasteiger charge is -2.37. The van der Waals surface area contributed by atoms with Crippen LogP contribution in [0.5, 0.6) is 0 Å². The summed E-state index contributed by atoms with van der Waals surface area (Å²) in [7, 11) is 0. The lowest BCUT2D eigenvalue weighted by Crippen LogP contribution is -2.46. The Morgan fingerprint density at radius 2 is 1.50 bits per heavy atom. The lowest BCUT2D eigenvalue weighted by molar-refractivity contribution is 0.654. The average molecular weight is 619 g/mol. The minimum Gasteiger partial charge on any atom is -0.368 e. The number of fused-ring (bicyclic) bond motifs is 1. The molecule has 0 saturated carbocycles. The first kappa shape index (κ1) is 24.3. The summed E-state index contributed by atoms with van der Waals surface area (Å²) in [5.41, 5.74) is 5.79. The minimum absolute atomic E-state index is 0.165. The largest absolute Gasteiger partial charge is 0.368 e. The fourth-order valence-electron chi connectivity index (χ4n) is 4.88. The topological polar surface area (TPSA) is 105 Å². The Bertz CT molecular complexity index is 1740. The molecule has 0 spiro atoms. The Morgan fingerprint density at radius 1 is 0.842 bits per heavy atom. The molecule has 1 saturated heterocycles. The van der Waals surface area contributed by atoms with Crippen LogP contribution in [0.4, 0.5) is 17.1 Å². The van der Waals surface area contributed by atoms with Gasteiger partial charge in [0.15, 0.2) is 0 Å². The number of benzene rings is 3. The highest BCUT2D eigenvalue weighted by molar-refractivity contribution is 14.1. The summed E-state index contributed by atoms with van der Waals surface area (Å²) in [4.78, 5) is 40.3. The number of aryl methyl sites for hydroxylation is 1. The molecule has 0 atom stereocenters. The summed E-state index contributed by atoms with van der Waals surface area (Å²) in [6.45, 7) is 5.21. The van der Waals surface area contributed by atoms with E-state index in [9.17, 15) is 9.59 Å². The smallest absolute Gasteiger partial charge is 0.323 e. The zero-order valence-electron chi connectivity index (χ0n) is 20.7. The van der Waals surface area contributed by atoms with Crippen molar-refractivity contribution in [1.29, 1.82) is 0 Å². The minimum atomic E-state index is -0.261. The number of nitrogens with one attached hydrogen (secondary N) is 3. The molecule has 0 radical (unpaired) electrons. The second-order valence-electron chi connectivity index (χ2n) is 9.30. The van der Waals surface area contributed by atoms with Crippen LogP contribution in [-0.4, -0.2) is 52.1 Å². The first-order valence-electron chi connectivity index (χ1n) is 12.4. The fourth-order valence-corrected chi connectivity index (χ4v) is 5.24. The van der Waals surface area contributed by atoms with Gasteiger partial charge in [0.25, 0.3) is 5.56 Å².